The number of hydrogen-bond acceptors (Lipinski definition) is 3. The summed E-state index contributed by atoms with van der Waals surface area (Å²) in [6.07, 6.45) is 1.29. The van der Waals surface area contributed by atoms with Crippen LogP contribution in [0.2, 0.25) is 0 Å². The second kappa shape index (κ2) is 4.67. The third-order valence-electron chi connectivity index (χ3n) is 2.42. The topological polar surface area (TPSA) is 78.7 Å². The maximum atomic E-state index is 13.6. The van der Waals surface area contributed by atoms with Crippen LogP contribution < -0.4 is 11.2 Å². The predicted molar refractivity (Wildman–Crippen MR) is 61.5 cm³/mol. The van der Waals surface area contributed by atoms with Crippen molar-refractivity contribution in [1.29, 1.82) is 5.26 Å². The number of nitrogens with zero attached hydrogens (tertiary/aromatic N) is 2. The number of H-pyrrole nitrogens is 1. The molecule has 0 atom stereocenters. The van der Waals surface area contributed by atoms with E-state index in [0.29, 0.717) is 0 Å². The Hall–Kier alpha value is -2.68. The summed E-state index contributed by atoms with van der Waals surface area (Å²) in [4.78, 5) is 24.4. The van der Waals surface area contributed by atoms with Gasteiger partial charge in [-0.15, -0.1) is 0 Å². The van der Waals surface area contributed by atoms with Gasteiger partial charge in [0.15, 0.2) is 0 Å². The van der Waals surface area contributed by atoms with Gasteiger partial charge in [-0.1, -0.05) is 6.07 Å². The number of rotatable bonds is 2. The lowest BCUT2D eigenvalue weighted by molar-refractivity contribution is 0.592. The molecule has 0 saturated carbocycles. The fourth-order valence-electron chi connectivity index (χ4n) is 1.50. The van der Waals surface area contributed by atoms with Gasteiger partial charge in [0, 0.05) is 17.8 Å². The minimum absolute atomic E-state index is 0.00679. The lowest BCUT2D eigenvalue weighted by Crippen LogP contribution is -2.29. The van der Waals surface area contributed by atoms with Crippen molar-refractivity contribution in [2.45, 2.75) is 6.54 Å². The van der Waals surface area contributed by atoms with E-state index in [1.54, 1.807) is 0 Å². The van der Waals surface area contributed by atoms with E-state index < -0.39 is 17.1 Å². The summed E-state index contributed by atoms with van der Waals surface area (Å²) in [6.45, 7) is -0.00679. The van der Waals surface area contributed by atoms with Crippen molar-refractivity contribution in [2.75, 3.05) is 0 Å². The Morgan fingerprint density at radius 3 is 2.72 bits per heavy atom. The van der Waals surface area contributed by atoms with Gasteiger partial charge in [-0.3, -0.25) is 14.3 Å². The largest absolute Gasteiger partial charge is 0.328 e. The van der Waals surface area contributed by atoms with Gasteiger partial charge in [-0.25, -0.2) is 9.18 Å². The first kappa shape index (κ1) is 11.8. The van der Waals surface area contributed by atoms with Crippen molar-refractivity contribution >= 4 is 0 Å². The zero-order valence-corrected chi connectivity index (χ0v) is 9.18. The minimum atomic E-state index is -0.605. The second-order valence-corrected chi connectivity index (χ2v) is 3.66. The fraction of sp³-hybridized carbons (Fsp3) is 0.0833. The predicted octanol–water partition coefficient (Wildman–Crippen LogP) is 0.596. The maximum Gasteiger partial charge on any atom is 0.328 e. The quantitative estimate of drug-likeness (QED) is 0.841. The molecule has 0 aliphatic rings. The molecule has 0 amide bonds. The molecule has 0 bridgehead atoms. The van der Waals surface area contributed by atoms with E-state index in [9.17, 15) is 14.0 Å². The summed E-state index contributed by atoms with van der Waals surface area (Å²) in [7, 11) is 0. The van der Waals surface area contributed by atoms with E-state index in [2.05, 4.69) is 4.98 Å². The van der Waals surface area contributed by atoms with Gasteiger partial charge < -0.3 is 0 Å². The van der Waals surface area contributed by atoms with Crippen LogP contribution in [0.3, 0.4) is 0 Å². The third kappa shape index (κ3) is 2.35. The van der Waals surface area contributed by atoms with Gasteiger partial charge in [0.1, 0.15) is 5.82 Å². The van der Waals surface area contributed by atoms with Crippen LogP contribution >= 0.6 is 0 Å². The number of benzene rings is 1. The summed E-state index contributed by atoms with van der Waals surface area (Å²) in [5, 5.41) is 8.61. The monoisotopic (exact) mass is 245 g/mol. The van der Waals surface area contributed by atoms with Crippen molar-refractivity contribution in [2.24, 2.45) is 0 Å². The lowest BCUT2D eigenvalue weighted by atomic mass is 10.1. The third-order valence-corrected chi connectivity index (χ3v) is 2.42. The van der Waals surface area contributed by atoms with Gasteiger partial charge >= 0.3 is 5.69 Å². The summed E-state index contributed by atoms with van der Waals surface area (Å²) in [6, 6.07) is 7.01. The van der Waals surface area contributed by atoms with E-state index in [1.807, 2.05) is 6.07 Å². The molecule has 1 heterocycles. The zero-order valence-electron chi connectivity index (χ0n) is 9.18. The fourth-order valence-corrected chi connectivity index (χ4v) is 1.50. The number of aromatic nitrogens is 2. The summed E-state index contributed by atoms with van der Waals surface area (Å²) >= 11 is 0. The van der Waals surface area contributed by atoms with Gasteiger partial charge in [0.25, 0.3) is 5.56 Å². The van der Waals surface area contributed by atoms with Crippen LogP contribution in [0.25, 0.3) is 0 Å². The Bertz CT molecular complexity index is 740. The normalized spacial score (nSPS) is 10.0. The lowest BCUT2D eigenvalue weighted by Gasteiger charge is -2.05. The highest BCUT2D eigenvalue weighted by Crippen LogP contribution is 2.10. The van der Waals surface area contributed by atoms with E-state index >= 15 is 0 Å². The summed E-state index contributed by atoms with van der Waals surface area (Å²) < 4.78 is 14.8. The Morgan fingerprint density at radius 1 is 1.33 bits per heavy atom. The molecule has 6 heteroatoms. The number of aromatic amines is 1. The number of nitriles is 1. The smallest absolute Gasteiger partial charge is 0.296 e. The molecule has 1 aromatic heterocycles. The van der Waals surface area contributed by atoms with E-state index in [0.717, 1.165) is 6.07 Å². The van der Waals surface area contributed by atoms with E-state index in [-0.39, 0.29) is 17.7 Å². The Labute approximate surface area is 101 Å². The van der Waals surface area contributed by atoms with Crippen molar-refractivity contribution < 1.29 is 4.39 Å². The van der Waals surface area contributed by atoms with Crippen molar-refractivity contribution in [3.63, 3.8) is 0 Å². The molecule has 0 spiro atoms. The highest BCUT2D eigenvalue weighted by atomic mass is 19.1. The molecule has 1 N–H and O–H groups in total. The Balaban J connectivity index is 2.38. The van der Waals surface area contributed by atoms with Crippen molar-refractivity contribution in [1.82, 2.24) is 9.55 Å². The van der Waals surface area contributed by atoms with Crippen molar-refractivity contribution in [3.8, 4) is 6.07 Å². The molecular formula is C12H8FN3O2. The molecule has 18 heavy (non-hydrogen) atoms. The van der Waals surface area contributed by atoms with Gasteiger partial charge in [-0.05, 0) is 12.1 Å². The minimum Gasteiger partial charge on any atom is -0.296 e. The number of nitrogens with one attached hydrogen (secondary N) is 1. The van der Waals surface area contributed by atoms with Crippen LogP contribution in [-0.4, -0.2) is 9.55 Å². The average Bonchev–Trinajstić information content (AvgIpc) is 2.34. The maximum absolute atomic E-state index is 13.6. The molecule has 90 valence electrons. The van der Waals surface area contributed by atoms with Crippen LogP contribution in [0.4, 0.5) is 4.39 Å². The summed E-state index contributed by atoms with van der Waals surface area (Å²) in [5.74, 6) is -0.563. The highest BCUT2D eigenvalue weighted by Gasteiger charge is 2.05. The molecular weight excluding hydrogens is 237 g/mol. The van der Waals surface area contributed by atoms with Gasteiger partial charge in [0.2, 0.25) is 0 Å². The van der Waals surface area contributed by atoms with Crippen molar-refractivity contribution in [3.05, 3.63) is 68.2 Å². The number of halogens is 1. The second-order valence-electron chi connectivity index (χ2n) is 3.66. The first-order valence-electron chi connectivity index (χ1n) is 5.08. The SMILES string of the molecule is N#Cc1ccc(Cn2ccc(=O)[nH]c2=O)c(F)c1. The van der Waals surface area contributed by atoms with Gasteiger partial charge in [-0.2, -0.15) is 5.26 Å². The average molecular weight is 245 g/mol. The molecule has 5 nitrogen and oxygen atoms in total. The molecule has 0 aliphatic carbocycles. The standard InChI is InChI=1S/C12H8FN3O2/c13-10-5-8(6-14)1-2-9(10)7-16-4-3-11(17)15-12(16)18/h1-5H,7H2,(H,15,17,18). The molecule has 0 saturated heterocycles. The molecule has 0 fully saturated rings. The zero-order chi connectivity index (χ0) is 13.1. The van der Waals surface area contributed by atoms with Crippen LogP contribution in [0.5, 0.6) is 0 Å². The van der Waals surface area contributed by atoms with Crippen LogP contribution in [-0.2, 0) is 6.54 Å². The van der Waals surface area contributed by atoms with Crippen LogP contribution in [0.1, 0.15) is 11.1 Å². The number of hydrogen-bond donors (Lipinski definition) is 1. The molecule has 2 aromatic rings. The summed E-state index contributed by atoms with van der Waals surface area (Å²) in [5.41, 5.74) is -0.629. The molecule has 2 rings (SSSR count). The van der Waals surface area contributed by atoms with Crippen LogP contribution in [0, 0.1) is 17.1 Å². The Kier molecular flexibility index (Phi) is 3.06. The first-order valence-corrected chi connectivity index (χ1v) is 5.08. The Morgan fingerprint density at radius 2 is 2.11 bits per heavy atom. The molecule has 0 radical (unpaired) electrons. The first-order chi connectivity index (χ1) is 8.60. The molecule has 0 unspecified atom stereocenters. The van der Waals surface area contributed by atoms with Gasteiger partial charge in [0.05, 0.1) is 18.2 Å². The highest BCUT2D eigenvalue weighted by molar-refractivity contribution is 5.32. The van der Waals surface area contributed by atoms with Crippen LogP contribution in [0.15, 0.2) is 40.1 Å². The van der Waals surface area contributed by atoms with E-state index in [1.165, 1.54) is 29.0 Å². The molecule has 0 aliphatic heterocycles. The molecule has 1 aromatic carbocycles. The van der Waals surface area contributed by atoms with E-state index in [4.69, 9.17) is 5.26 Å².